The van der Waals surface area contributed by atoms with E-state index in [9.17, 15) is 13.2 Å². The number of rotatable bonds is 5. The molecule has 1 aromatic carbocycles. The van der Waals surface area contributed by atoms with Crippen LogP contribution >= 0.6 is 28.1 Å². The number of nitrogens with zero attached hydrogens (tertiary/aromatic N) is 2. The standard InChI is InChI=1S/C15H16BrF3N4S/c1-10-9-13(15(17,18)19)22-23(10)8-2-7-20-14(24)21-12-5-3-11(16)4-6-12/h3-6,9H,2,7-8H2,1H3,(H2,20,21,24). The van der Waals surface area contributed by atoms with Crippen LogP contribution in [-0.2, 0) is 12.7 Å². The number of anilines is 1. The van der Waals surface area contributed by atoms with E-state index in [1.165, 1.54) is 4.68 Å². The van der Waals surface area contributed by atoms with E-state index in [1.54, 1.807) is 6.92 Å². The first-order valence-electron chi connectivity index (χ1n) is 7.18. The number of halogens is 4. The van der Waals surface area contributed by atoms with Gasteiger partial charge >= 0.3 is 6.18 Å². The molecule has 0 radical (unpaired) electrons. The van der Waals surface area contributed by atoms with Gasteiger partial charge in [0, 0.05) is 28.9 Å². The van der Waals surface area contributed by atoms with Crippen LogP contribution in [0.4, 0.5) is 18.9 Å². The summed E-state index contributed by atoms with van der Waals surface area (Å²) < 4.78 is 40.1. The average Bonchev–Trinajstić information content (AvgIpc) is 2.87. The molecule has 0 aliphatic rings. The number of nitrogens with one attached hydrogen (secondary N) is 2. The molecule has 130 valence electrons. The lowest BCUT2D eigenvalue weighted by molar-refractivity contribution is -0.141. The van der Waals surface area contributed by atoms with Gasteiger partial charge in [0.25, 0.3) is 0 Å². The Kier molecular flexibility index (Phi) is 6.22. The van der Waals surface area contributed by atoms with Gasteiger partial charge in [-0.25, -0.2) is 0 Å². The number of benzene rings is 1. The number of hydrogen-bond acceptors (Lipinski definition) is 2. The van der Waals surface area contributed by atoms with Gasteiger partial charge in [0.15, 0.2) is 10.8 Å². The van der Waals surface area contributed by atoms with Crippen molar-refractivity contribution in [2.45, 2.75) is 26.1 Å². The van der Waals surface area contributed by atoms with E-state index < -0.39 is 11.9 Å². The predicted molar refractivity (Wildman–Crippen MR) is 94.9 cm³/mol. The van der Waals surface area contributed by atoms with Crippen LogP contribution in [0.25, 0.3) is 0 Å². The van der Waals surface area contributed by atoms with Crippen LogP contribution in [0.5, 0.6) is 0 Å². The van der Waals surface area contributed by atoms with Gasteiger partial charge in [0.05, 0.1) is 0 Å². The Morgan fingerprint density at radius 3 is 2.54 bits per heavy atom. The van der Waals surface area contributed by atoms with Gasteiger partial charge in [-0.3, -0.25) is 4.68 Å². The van der Waals surface area contributed by atoms with E-state index in [2.05, 4.69) is 31.7 Å². The van der Waals surface area contributed by atoms with Gasteiger partial charge in [0.2, 0.25) is 0 Å². The van der Waals surface area contributed by atoms with E-state index in [-0.39, 0.29) is 0 Å². The van der Waals surface area contributed by atoms with Crippen molar-refractivity contribution in [3.8, 4) is 0 Å². The van der Waals surface area contributed by atoms with Crippen molar-refractivity contribution in [1.82, 2.24) is 15.1 Å². The van der Waals surface area contributed by atoms with Crippen molar-refractivity contribution in [3.05, 3.63) is 46.2 Å². The Morgan fingerprint density at radius 2 is 1.96 bits per heavy atom. The van der Waals surface area contributed by atoms with Gasteiger partial charge in [-0.1, -0.05) is 15.9 Å². The maximum absolute atomic E-state index is 12.6. The molecule has 0 bridgehead atoms. The van der Waals surface area contributed by atoms with Crippen molar-refractivity contribution in [1.29, 1.82) is 0 Å². The summed E-state index contributed by atoms with van der Waals surface area (Å²) in [5, 5.41) is 10.1. The first-order chi connectivity index (χ1) is 11.3. The maximum atomic E-state index is 12.6. The maximum Gasteiger partial charge on any atom is 0.435 e. The van der Waals surface area contributed by atoms with Crippen molar-refractivity contribution in [3.63, 3.8) is 0 Å². The Morgan fingerprint density at radius 1 is 1.29 bits per heavy atom. The molecule has 4 nitrogen and oxygen atoms in total. The Balaban J connectivity index is 1.75. The normalized spacial score (nSPS) is 11.4. The topological polar surface area (TPSA) is 41.9 Å². The van der Waals surface area contributed by atoms with Gasteiger partial charge in [-0.15, -0.1) is 0 Å². The van der Waals surface area contributed by atoms with Crippen LogP contribution in [-0.4, -0.2) is 21.4 Å². The molecule has 2 rings (SSSR count). The Labute approximate surface area is 151 Å². The lowest BCUT2D eigenvalue weighted by Crippen LogP contribution is -2.29. The minimum Gasteiger partial charge on any atom is -0.362 e. The van der Waals surface area contributed by atoms with E-state index in [1.807, 2.05) is 24.3 Å². The lowest BCUT2D eigenvalue weighted by atomic mass is 10.3. The van der Waals surface area contributed by atoms with E-state index >= 15 is 0 Å². The molecule has 0 saturated carbocycles. The molecule has 0 unspecified atom stereocenters. The van der Waals surface area contributed by atoms with E-state index in [0.29, 0.717) is 30.3 Å². The van der Waals surface area contributed by atoms with Crippen molar-refractivity contribution < 1.29 is 13.2 Å². The molecule has 0 aliphatic heterocycles. The van der Waals surface area contributed by atoms with E-state index in [0.717, 1.165) is 16.2 Å². The molecule has 1 aromatic heterocycles. The third kappa shape index (κ3) is 5.48. The molecular formula is C15H16BrF3N4S. The fourth-order valence-corrected chi connectivity index (χ4v) is 2.50. The molecule has 9 heteroatoms. The smallest absolute Gasteiger partial charge is 0.362 e. The molecule has 2 aromatic rings. The van der Waals surface area contributed by atoms with Crippen LogP contribution in [0.3, 0.4) is 0 Å². The molecule has 0 aliphatic carbocycles. The summed E-state index contributed by atoms with van der Waals surface area (Å²) in [5.74, 6) is 0. The van der Waals surface area contributed by atoms with Gasteiger partial charge < -0.3 is 10.6 Å². The third-order valence-electron chi connectivity index (χ3n) is 3.21. The molecule has 1 heterocycles. The molecule has 2 N–H and O–H groups in total. The van der Waals surface area contributed by atoms with E-state index in [4.69, 9.17) is 12.2 Å². The van der Waals surface area contributed by atoms with Crippen molar-refractivity contribution in [2.24, 2.45) is 0 Å². The SMILES string of the molecule is Cc1cc(C(F)(F)F)nn1CCCNC(=S)Nc1ccc(Br)cc1. The van der Waals surface area contributed by atoms with Crippen LogP contribution in [0, 0.1) is 6.92 Å². The van der Waals surface area contributed by atoms with Crippen molar-refractivity contribution >= 4 is 38.9 Å². The fourth-order valence-electron chi connectivity index (χ4n) is 2.01. The van der Waals surface area contributed by atoms with Crippen LogP contribution < -0.4 is 10.6 Å². The number of alkyl halides is 3. The van der Waals surface area contributed by atoms with Crippen LogP contribution in [0.15, 0.2) is 34.8 Å². The Hall–Kier alpha value is -1.61. The molecule has 0 amide bonds. The molecular weight excluding hydrogens is 405 g/mol. The van der Waals surface area contributed by atoms with Crippen LogP contribution in [0.2, 0.25) is 0 Å². The highest BCUT2D eigenvalue weighted by Crippen LogP contribution is 2.28. The summed E-state index contributed by atoms with van der Waals surface area (Å²) in [6.07, 6.45) is -3.81. The summed E-state index contributed by atoms with van der Waals surface area (Å²) in [6, 6.07) is 8.59. The highest BCUT2D eigenvalue weighted by atomic mass is 79.9. The summed E-state index contributed by atoms with van der Waals surface area (Å²) in [7, 11) is 0. The molecule has 0 atom stereocenters. The minimum absolute atomic E-state index is 0.385. The number of aromatic nitrogens is 2. The fraction of sp³-hybridized carbons (Fsp3) is 0.333. The minimum atomic E-state index is -4.41. The quantitative estimate of drug-likeness (QED) is 0.557. The zero-order valence-electron chi connectivity index (χ0n) is 12.8. The first-order valence-corrected chi connectivity index (χ1v) is 8.38. The van der Waals surface area contributed by atoms with Gasteiger partial charge in [-0.2, -0.15) is 18.3 Å². The van der Waals surface area contributed by atoms with Gasteiger partial charge in [-0.05, 0) is 55.9 Å². The zero-order chi connectivity index (χ0) is 17.7. The monoisotopic (exact) mass is 420 g/mol. The molecule has 0 saturated heterocycles. The second kappa shape index (κ2) is 7.98. The predicted octanol–water partition coefficient (Wildman–Crippen LogP) is 4.35. The second-order valence-electron chi connectivity index (χ2n) is 5.13. The van der Waals surface area contributed by atoms with Crippen molar-refractivity contribution in [2.75, 3.05) is 11.9 Å². The lowest BCUT2D eigenvalue weighted by Gasteiger charge is -2.11. The van der Waals surface area contributed by atoms with Gasteiger partial charge in [0.1, 0.15) is 0 Å². The summed E-state index contributed by atoms with van der Waals surface area (Å²) >= 11 is 8.52. The zero-order valence-corrected chi connectivity index (χ0v) is 15.2. The highest BCUT2D eigenvalue weighted by Gasteiger charge is 2.34. The summed E-state index contributed by atoms with van der Waals surface area (Å²) in [4.78, 5) is 0. The van der Waals surface area contributed by atoms with Crippen LogP contribution in [0.1, 0.15) is 17.8 Å². The molecule has 0 fully saturated rings. The third-order valence-corrected chi connectivity index (χ3v) is 3.98. The highest BCUT2D eigenvalue weighted by molar-refractivity contribution is 9.10. The number of thiocarbonyl (C=S) groups is 1. The summed E-state index contributed by atoms with van der Waals surface area (Å²) in [6.45, 7) is 2.52. The number of hydrogen-bond donors (Lipinski definition) is 2. The molecule has 24 heavy (non-hydrogen) atoms. The Bertz CT molecular complexity index is 698. The second-order valence-corrected chi connectivity index (χ2v) is 6.46. The summed E-state index contributed by atoms with van der Waals surface area (Å²) in [5.41, 5.74) is 0.478. The molecule has 0 spiro atoms. The average molecular weight is 421 g/mol. The number of aryl methyl sites for hydroxylation is 2. The largest absolute Gasteiger partial charge is 0.435 e. The first kappa shape index (κ1) is 18.7.